The van der Waals surface area contributed by atoms with Crippen molar-refractivity contribution in [3.05, 3.63) is 77.3 Å². The molecule has 0 saturated carbocycles. The molecule has 5 rings (SSSR count). The van der Waals surface area contributed by atoms with Crippen LogP contribution in [0.4, 0.5) is 17.5 Å². The second-order valence-corrected chi connectivity index (χ2v) is 10.4. The number of hydrogen-bond donors (Lipinski definition) is 3. The van der Waals surface area contributed by atoms with E-state index >= 15 is 0 Å². The zero-order chi connectivity index (χ0) is 26.9. The Morgan fingerprint density at radius 3 is 2.61 bits per heavy atom. The van der Waals surface area contributed by atoms with Gasteiger partial charge < -0.3 is 25.1 Å². The predicted molar refractivity (Wildman–Crippen MR) is 144 cm³/mol. The Balaban J connectivity index is 1.49. The molecular formula is C28H31N7O3. The lowest BCUT2D eigenvalue weighted by Crippen LogP contribution is -2.34. The van der Waals surface area contributed by atoms with Gasteiger partial charge in [-0.15, -0.1) is 10.2 Å². The number of nitrogens with zero attached hydrogens (tertiary/aromatic N) is 5. The van der Waals surface area contributed by atoms with Gasteiger partial charge in [-0.25, -0.2) is 4.98 Å². The second kappa shape index (κ2) is 10.2. The molecule has 3 N–H and O–H groups in total. The molecule has 0 unspecified atom stereocenters. The third kappa shape index (κ3) is 5.21. The molecule has 1 aliphatic rings. The summed E-state index contributed by atoms with van der Waals surface area (Å²) in [5.41, 5.74) is 3.57. The standard InChI is InChI=1S/C28H31N7O3/c1-28(2,3)26-34-33-24(38-26)21-15-29-27(32-23(21)31-22(16-36)17-8-6-5-7-9-17)30-19-10-11-20-18(14-19)12-13-35(4)25(20)37/h5-11,14-15,22,36H,12-13,16H2,1-4H3,(H2,29,30,31,32)/t22-/m1/s1. The highest BCUT2D eigenvalue weighted by Crippen LogP contribution is 2.32. The van der Waals surface area contributed by atoms with Crippen molar-refractivity contribution in [1.82, 2.24) is 25.1 Å². The number of benzene rings is 2. The number of aliphatic hydroxyl groups excluding tert-OH is 1. The Morgan fingerprint density at radius 2 is 1.89 bits per heavy atom. The van der Waals surface area contributed by atoms with Gasteiger partial charge in [-0.3, -0.25) is 4.79 Å². The molecule has 10 heteroatoms. The highest BCUT2D eigenvalue weighted by Gasteiger charge is 2.25. The van der Waals surface area contributed by atoms with Crippen molar-refractivity contribution in [2.45, 2.75) is 38.6 Å². The average molecular weight is 514 g/mol. The zero-order valence-corrected chi connectivity index (χ0v) is 21.9. The van der Waals surface area contributed by atoms with Gasteiger partial charge in [-0.1, -0.05) is 51.1 Å². The fourth-order valence-electron chi connectivity index (χ4n) is 4.24. The summed E-state index contributed by atoms with van der Waals surface area (Å²) in [5, 5.41) is 25.2. The third-order valence-corrected chi connectivity index (χ3v) is 6.44. The number of hydrogen-bond acceptors (Lipinski definition) is 9. The van der Waals surface area contributed by atoms with Gasteiger partial charge in [0.15, 0.2) is 0 Å². The lowest BCUT2D eigenvalue weighted by Gasteiger charge is -2.25. The van der Waals surface area contributed by atoms with Crippen LogP contribution >= 0.6 is 0 Å². The highest BCUT2D eigenvalue weighted by molar-refractivity contribution is 5.97. The van der Waals surface area contributed by atoms with Crippen LogP contribution in [0.25, 0.3) is 11.5 Å². The minimum absolute atomic E-state index is 0.0232. The third-order valence-electron chi connectivity index (χ3n) is 6.44. The molecule has 10 nitrogen and oxygen atoms in total. The number of carbonyl (C=O) groups is 1. The fourth-order valence-corrected chi connectivity index (χ4v) is 4.24. The fraction of sp³-hybridized carbons (Fsp3) is 0.321. The summed E-state index contributed by atoms with van der Waals surface area (Å²) in [4.78, 5) is 23.4. The van der Waals surface area contributed by atoms with Crippen LogP contribution < -0.4 is 10.6 Å². The van der Waals surface area contributed by atoms with E-state index in [0.717, 1.165) is 23.2 Å². The number of nitrogens with one attached hydrogen (secondary N) is 2. The first-order valence-electron chi connectivity index (χ1n) is 12.5. The van der Waals surface area contributed by atoms with E-state index in [1.54, 1.807) is 11.1 Å². The maximum Gasteiger partial charge on any atom is 0.253 e. The topological polar surface area (TPSA) is 129 Å². The summed E-state index contributed by atoms with van der Waals surface area (Å²) in [6, 6.07) is 14.8. The van der Waals surface area contributed by atoms with E-state index in [2.05, 4.69) is 25.8 Å². The van der Waals surface area contributed by atoms with Gasteiger partial charge in [0.1, 0.15) is 5.82 Å². The average Bonchev–Trinajstić information content (AvgIpc) is 3.41. The van der Waals surface area contributed by atoms with Crippen LogP contribution in [0.2, 0.25) is 0 Å². The molecule has 0 bridgehead atoms. The van der Waals surface area contributed by atoms with E-state index in [-0.39, 0.29) is 23.8 Å². The molecule has 196 valence electrons. The molecule has 3 heterocycles. The smallest absolute Gasteiger partial charge is 0.253 e. The van der Waals surface area contributed by atoms with Crippen LogP contribution in [0, 0.1) is 0 Å². The highest BCUT2D eigenvalue weighted by atomic mass is 16.4. The van der Waals surface area contributed by atoms with Crippen LogP contribution in [0.3, 0.4) is 0 Å². The van der Waals surface area contributed by atoms with Crippen LogP contribution in [-0.4, -0.2) is 56.3 Å². The van der Waals surface area contributed by atoms with Crippen LogP contribution in [0.5, 0.6) is 0 Å². The largest absolute Gasteiger partial charge is 0.420 e. The zero-order valence-electron chi connectivity index (χ0n) is 21.9. The van der Waals surface area contributed by atoms with Gasteiger partial charge in [0.2, 0.25) is 11.8 Å². The number of fused-ring (bicyclic) bond motifs is 1. The van der Waals surface area contributed by atoms with Crippen LogP contribution in [0.1, 0.15) is 54.2 Å². The van der Waals surface area contributed by atoms with Gasteiger partial charge in [0.05, 0.1) is 18.2 Å². The molecule has 0 radical (unpaired) electrons. The van der Waals surface area contributed by atoms with Crippen LogP contribution in [0.15, 0.2) is 59.1 Å². The molecule has 4 aromatic rings. The number of likely N-dealkylation sites (N-methyl/N-ethyl adjacent to an activating group) is 1. The molecule has 0 saturated heterocycles. The summed E-state index contributed by atoms with van der Waals surface area (Å²) in [5.74, 6) is 1.58. The first kappa shape index (κ1) is 25.3. The van der Waals surface area contributed by atoms with Crippen molar-refractivity contribution < 1.29 is 14.3 Å². The van der Waals surface area contributed by atoms with Gasteiger partial charge in [-0.2, -0.15) is 4.98 Å². The van der Waals surface area contributed by atoms with Crippen molar-refractivity contribution in [2.75, 3.05) is 30.8 Å². The Morgan fingerprint density at radius 1 is 1.11 bits per heavy atom. The first-order chi connectivity index (χ1) is 18.2. The summed E-state index contributed by atoms with van der Waals surface area (Å²) < 4.78 is 5.97. The number of rotatable bonds is 7. The number of aromatic nitrogens is 4. The molecule has 38 heavy (non-hydrogen) atoms. The van der Waals surface area contributed by atoms with E-state index in [1.165, 1.54) is 0 Å². The molecule has 2 aromatic heterocycles. The molecular weight excluding hydrogens is 482 g/mol. The lowest BCUT2D eigenvalue weighted by atomic mass is 9.97. The number of carbonyl (C=O) groups excluding carboxylic acids is 1. The minimum atomic E-state index is -0.422. The summed E-state index contributed by atoms with van der Waals surface area (Å²) in [7, 11) is 1.81. The minimum Gasteiger partial charge on any atom is -0.420 e. The van der Waals surface area contributed by atoms with Gasteiger partial charge in [0.25, 0.3) is 11.8 Å². The summed E-state index contributed by atoms with van der Waals surface area (Å²) >= 11 is 0. The van der Waals surface area contributed by atoms with E-state index in [9.17, 15) is 9.90 Å². The van der Waals surface area contributed by atoms with Crippen molar-refractivity contribution in [3.8, 4) is 11.5 Å². The van der Waals surface area contributed by atoms with Crippen molar-refractivity contribution in [2.24, 2.45) is 0 Å². The molecule has 0 fully saturated rings. The number of amides is 1. The molecule has 0 spiro atoms. The first-order valence-corrected chi connectivity index (χ1v) is 12.5. The van der Waals surface area contributed by atoms with E-state index < -0.39 is 6.04 Å². The van der Waals surface area contributed by atoms with Crippen LogP contribution in [-0.2, 0) is 11.8 Å². The maximum absolute atomic E-state index is 12.4. The van der Waals surface area contributed by atoms with E-state index in [1.807, 2.05) is 76.3 Å². The molecule has 1 aliphatic heterocycles. The SMILES string of the molecule is CN1CCc2cc(Nc3ncc(-c4nnc(C(C)(C)C)o4)c(N[C@H](CO)c4ccccc4)n3)ccc2C1=O. The Kier molecular flexibility index (Phi) is 6.81. The van der Waals surface area contributed by atoms with E-state index in [4.69, 9.17) is 9.40 Å². The van der Waals surface area contributed by atoms with Gasteiger partial charge in [0, 0.05) is 36.5 Å². The molecule has 1 atom stereocenters. The van der Waals surface area contributed by atoms with Crippen molar-refractivity contribution in [3.63, 3.8) is 0 Å². The predicted octanol–water partition coefficient (Wildman–Crippen LogP) is 4.34. The van der Waals surface area contributed by atoms with Crippen molar-refractivity contribution >= 4 is 23.4 Å². The Bertz CT molecular complexity index is 1450. The maximum atomic E-state index is 12.4. The van der Waals surface area contributed by atoms with Crippen molar-refractivity contribution in [1.29, 1.82) is 0 Å². The number of aliphatic hydroxyl groups is 1. The number of anilines is 3. The monoisotopic (exact) mass is 513 g/mol. The lowest BCUT2D eigenvalue weighted by molar-refractivity contribution is 0.0781. The second-order valence-electron chi connectivity index (χ2n) is 10.4. The summed E-state index contributed by atoms with van der Waals surface area (Å²) in [6.07, 6.45) is 2.40. The molecule has 2 aromatic carbocycles. The Hall–Kier alpha value is -4.31. The molecule has 0 aliphatic carbocycles. The van der Waals surface area contributed by atoms with Gasteiger partial charge >= 0.3 is 0 Å². The molecule has 1 amide bonds. The quantitative estimate of drug-likeness (QED) is 0.330. The Labute approximate surface area is 221 Å². The summed E-state index contributed by atoms with van der Waals surface area (Å²) in [6.45, 7) is 6.51. The normalized spacial score (nSPS) is 14.2. The van der Waals surface area contributed by atoms with Gasteiger partial charge in [-0.05, 0) is 35.7 Å². The van der Waals surface area contributed by atoms with E-state index in [0.29, 0.717) is 35.3 Å².